The number of phosphoric ester groups is 1. The molecule has 3 atom stereocenters. The van der Waals surface area contributed by atoms with Gasteiger partial charge in [0.2, 0.25) is 5.91 Å². The normalized spacial score (nSPS) is 13.9. The Balaban J connectivity index is 3.94. The van der Waals surface area contributed by atoms with E-state index in [1.807, 2.05) is 21.1 Å². The number of rotatable bonds is 61. The standard InChI is InChI=1S/C65H129N2O6P/c1-6-8-10-12-14-16-18-20-22-24-25-26-27-28-29-30-31-32-33-34-35-36-37-38-39-40-41-43-45-47-49-51-53-55-57-59-65(69)66-63(62-73-74(70,71)72-61-60-67(3,4)5)64(68)58-56-54-52-50-48-46-44-42-23-21-19-17-15-13-11-9-7-2/h18,20,24-25,63-64,68H,6-17,19,21-23,26-62H2,1-5H3,(H-,66,69,70,71)/p+1/b20-18-,25-24-. The molecule has 0 aromatic carbocycles. The van der Waals surface area contributed by atoms with Crippen LogP contribution in [0.15, 0.2) is 24.3 Å². The summed E-state index contributed by atoms with van der Waals surface area (Å²) in [5.74, 6) is -0.137. The molecule has 1 amide bonds. The lowest BCUT2D eigenvalue weighted by Gasteiger charge is -2.26. The number of hydrogen-bond acceptors (Lipinski definition) is 5. The molecule has 440 valence electrons. The van der Waals surface area contributed by atoms with E-state index >= 15 is 0 Å². The number of carbonyl (C=O) groups is 1. The summed E-state index contributed by atoms with van der Waals surface area (Å²) in [4.78, 5) is 23.4. The van der Waals surface area contributed by atoms with E-state index in [9.17, 15) is 19.4 Å². The van der Waals surface area contributed by atoms with E-state index in [4.69, 9.17) is 9.05 Å². The smallest absolute Gasteiger partial charge is 0.391 e. The first-order chi connectivity index (χ1) is 36.0. The highest BCUT2D eigenvalue weighted by atomic mass is 31.2. The van der Waals surface area contributed by atoms with Crippen molar-refractivity contribution in [2.75, 3.05) is 40.9 Å². The number of amides is 1. The molecule has 3 unspecified atom stereocenters. The zero-order valence-corrected chi connectivity index (χ0v) is 51.3. The summed E-state index contributed by atoms with van der Waals surface area (Å²) in [6, 6.07) is -0.758. The van der Waals surface area contributed by atoms with Gasteiger partial charge in [0.25, 0.3) is 0 Å². The number of likely N-dealkylation sites (N-methyl/N-ethyl adjacent to an activating group) is 1. The lowest BCUT2D eigenvalue weighted by Crippen LogP contribution is -2.46. The fraction of sp³-hybridized carbons (Fsp3) is 0.923. The maximum Gasteiger partial charge on any atom is 0.472 e. The van der Waals surface area contributed by atoms with Gasteiger partial charge in [0.05, 0.1) is 39.9 Å². The minimum absolute atomic E-state index is 0.0777. The van der Waals surface area contributed by atoms with Crippen LogP contribution in [0.3, 0.4) is 0 Å². The van der Waals surface area contributed by atoms with Gasteiger partial charge < -0.3 is 19.8 Å². The number of unbranched alkanes of at least 4 members (excludes halogenated alkanes) is 44. The van der Waals surface area contributed by atoms with Gasteiger partial charge in [-0.15, -0.1) is 0 Å². The second-order valence-corrected chi connectivity index (χ2v) is 25.3. The lowest BCUT2D eigenvalue weighted by atomic mass is 10.0. The molecule has 0 aliphatic heterocycles. The average Bonchev–Trinajstić information content (AvgIpc) is 3.36. The van der Waals surface area contributed by atoms with Crippen LogP contribution in [0.1, 0.15) is 335 Å². The molecule has 0 bridgehead atoms. The van der Waals surface area contributed by atoms with Crippen molar-refractivity contribution in [3.05, 3.63) is 24.3 Å². The average molecular weight is 1070 g/mol. The maximum absolute atomic E-state index is 13.0. The van der Waals surface area contributed by atoms with E-state index in [2.05, 4.69) is 43.5 Å². The summed E-state index contributed by atoms with van der Waals surface area (Å²) >= 11 is 0. The Bertz CT molecular complexity index is 1260. The van der Waals surface area contributed by atoms with Crippen LogP contribution in [0.4, 0.5) is 0 Å². The number of carbonyl (C=O) groups excluding carboxylic acids is 1. The maximum atomic E-state index is 13.0. The third kappa shape index (κ3) is 58.7. The molecule has 0 fully saturated rings. The Hall–Kier alpha value is -1.02. The number of aliphatic hydroxyl groups excluding tert-OH is 1. The molecule has 0 aromatic heterocycles. The minimum Gasteiger partial charge on any atom is -0.391 e. The highest BCUT2D eigenvalue weighted by molar-refractivity contribution is 7.47. The third-order valence-corrected chi connectivity index (χ3v) is 16.2. The van der Waals surface area contributed by atoms with Crippen molar-refractivity contribution in [2.24, 2.45) is 0 Å². The Kier molecular flexibility index (Phi) is 55.9. The third-order valence-electron chi connectivity index (χ3n) is 15.2. The fourth-order valence-corrected chi connectivity index (χ4v) is 10.8. The summed E-state index contributed by atoms with van der Waals surface area (Å²) in [5.41, 5.74) is 0. The van der Waals surface area contributed by atoms with E-state index in [0.717, 1.165) is 44.9 Å². The van der Waals surface area contributed by atoms with Crippen LogP contribution in [0.2, 0.25) is 0 Å². The van der Waals surface area contributed by atoms with Gasteiger partial charge in [-0.2, -0.15) is 0 Å². The molecule has 74 heavy (non-hydrogen) atoms. The molecule has 0 heterocycles. The molecule has 0 radical (unpaired) electrons. The van der Waals surface area contributed by atoms with Crippen LogP contribution in [-0.2, 0) is 18.4 Å². The van der Waals surface area contributed by atoms with Crippen LogP contribution in [-0.4, -0.2) is 73.4 Å². The minimum atomic E-state index is -4.32. The first-order valence-electron chi connectivity index (χ1n) is 32.7. The number of nitrogens with one attached hydrogen (secondary N) is 1. The molecule has 0 saturated heterocycles. The topological polar surface area (TPSA) is 105 Å². The van der Waals surface area contributed by atoms with Crippen LogP contribution in [0, 0.1) is 0 Å². The predicted octanol–water partition coefficient (Wildman–Crippen LogP) is 20.3. The quantitative estimate of drug-likeness (QED) is 0.0243. The Morgan fingerprint density at radius 1 is 0.459 bits per heavy atom. The van der Waals surface area contributed by atoms with Crippen molar-refractivity contribution < 1.29 is 32.9 Å². The zero-order chi connectivity index (χ0) is 54.2. The van der Waals surface area contributed by atoms with Gasteiger partial charge >= 0.3 is 7.82 Å². The van der Waals surface area contributed by atoms with E-state index in [0.29, 0.717) is 23.9 Å². The SMILES string of the molecule is CCCCCCC/C=C\C/C=C\CCCCCCCCCCCCCCCCCCCCCCCCCC(=O)NC(COP(=O)(O)OCC[N+](C)(C)C)C(O)CCCCCCCCCCCCCCCCCCC. The van der Waals surface area contributed by atoms with Crippen LogP contribution in [0.5, 0.6) is 0 Å². The summed E-state index contributed by atoms with van der Waals surface area (Å²) < 4.78 is 23.8. The van der Waals surface area contributed by atoms with Gasteiger partial charge in [-0.25, -0.2) is 4.57 Å². The Labute approximate surface area is 462 Å². The summed E-state index contributed by atoms with van der Waals surface area (Å²) in [6.45, 7) is 4.93. The number of allylic oxidation sites excluding steroid dienone is 4. The fourth-order valence-electron chi connectivity index (χ4n) is 10.1. The van der Waals surface area contributed by atoms with Crippen molar-refractivity contribution in [3.8, 4) is 0 Å². The van der Waals surface area contributed by atoms with Gasteiger partial charge in [-0.3, -0.25) is 13.8 Å². The largest absolute Gasteiger partial charge is 0.472 e. The van der Waals surface area contributed by atoms with Crippen LogP contribution < -0.4 is 5.32 Å². The van der Waals surface area contributed by atoms with Gasteiger partial charge in [0.1, 0.15) is 13.2 Å². The second kappa shape index (κ2) is 56.7. The lowest BCUT2D eigenvalue weighted by molar-refractivity contribution is -0.870. The van der Waals surface area contributed by atoms with Gasteiger partial charge in [-0.05, 0) is 44.9 Å². The number of nitrogens with zero attached hydrogens (tertiary/aromatic N) is 1. The highest BCUT2D eigenvalue weighted by Crippen LogP contribution is 2.43. The van der Waals surface area contributed by atoms with E-state index in [1.54, 1.807) is 0 Å². The van der Waals surface area contributed by atoms with Crippen molar-refractivity contribution in [2.45, 2.75) is 347 Å². The number of aliphatic hydroxyl groups is 1. The van der Waals surface area contributed by atoms with Crippen molar-refractivity contribution in [1.29, 1.82) is 0 Å². The Morgan fingerprint density at radius 3 is 1.11 bits per heavy atom. The van der Waals surface area contributed by atoms with E-state index in [1.165, 1.54) is 263 Å². The van der Waals surface area contributed by atoms with E-state index in [-0.39, 0.29) is 19.1 Å². The van der Waals surface area contributed by atoms with Crippen molar-refractivity contribution >= 4 is 13.7 Å². The van der Waals surface area contributed by atoms with Gasteiger partial charge in [0, 0.05) is 6.42 Å². The molecule has 0 aliphatic rings. The molecule has 0 aliphatic carbocycles. The molecule has 3 N–H and O–H groups in total. The summed E-state index contributed by atoms with van der Waals surface area (Å²) in [6.07, 6.45) is 72.7. The molecule has 8 nitrogen and oxygen atoms in total. The van der Waals surface area contributed by atoms with Gasteiger partial charge in [-0.1, -0.05) is 308 Å². The number of quaternary nitrogens is 1. The Morgan fingerprint density at radius 2 is 0.770 bits per heavy atom. The van der Waals surface area contributed by atoms with Crippen LogP contribution >= 0.6 is 7.82 Å². The monoisotopic (exact) mass is 1070 g/mol. The molecule has 0 spiro atoms. The highest BCUT2D eigenvalue weighted by Gasteiger charge is 2.28. The van der Waals surface area contributed by atoms with Crippen molar-refractivity contribution in [1.82, 2.24) is 5.32 Å². The molecule has 0 rings (SSSR count). The molecule has 0 aromatic rings. The summed E-state index contributed by atoms with van der Waals surface area (Å²) in [5, 5.41) is 14.1. The zero-order valence-electron chi connectivity index (χ0n) is 50.4. The first-order valence-corrected chi connectivity index (χ1v) is 34.2. The second-order valence-electron chi connectivity index (χ2n) is 23.9. The van der Waals surface area contributed by atoms with Crippen molar-refractivity contribution in [3.63, 3.8) is 0 Å². The van der Waals surface area contributed by atoms with Gasteiger partial charge in [0.15, 0.2) is 0 Å². The summed E-state index contributed by atoms with van der Waals surface area (Å²) in [7, 11) is 1.63. The number of hydrogen-bond donors (Lipinski definition) is 3. The number of phosphoric acid groups is 1. The molecule has 9 heteroatoms. The van der Waals surface area contributed by atoms with E-state index < -0.39 is 20.0 Å². The molecular formula is C65H130N2O6P+. The molecular weight excluding hydrogens is 936 g/mol. The molecule has 0 saturated carbocycles. The first kappa shape index (κ1) is 73.0. The predicted molar refractivity (Wildman–Crippen MR) is 323 cm³/mol. The van der Waals surface area contributed by atoms with Crippen LogP contribution in [0.25, 0.3) is 0 Å².